The van der Waals surface area contributed by atoms with Gasteiger partial charge in [0.15, 0.2) is 0 Å². The maximum Gasteiger partial charge on any atom is 0.335 e. The summed E-state index contributed by atoms with van der Waals surface area (Å²) >= 11 is 0. The van der Waals surface area contributed by atoms with Gasteiger partial charge in [0.25, 0.3) is 0 Å². The van der Waals surface area contributed by atoms with Gasteiger partial charge in [-0.3, -0.25) is 0 Å². The van der Waals surface area contributed by atoms with E-state index in [0.29, 0.717) is 5.56 Å². The van der Waals surface area contributed by atoms with Crippen molar-refractivity contribution in [3.8, 4) is 0 Å². The molecule has 1 heterocycles. The van der Waals surface area contributed by atoms with Crippen LogP contribution in [0.25, 0.3) is 10.9 Å². The lowest BCUT2D eigenvalue weighted by molar-refractivity contribution is 0.0697. The normalized spacial score (nSPS) is 11.2. The van der Waals surface area contributed by atoms with Crippen molar-refractivity contribution < 1.29 is 9.90 Å². The highest BCUT2D eigenvalue weighted by atomic mass is 16.4. The first-order chi connectivity index (χ1) is 11.2. The van der Waals surface area contributed by atoms with Crippen molar-refractivity contribution in [2.24, 2.45) is 0 Å². The molecule has 0 saturated heterocycles. The van der Waals surface area contributed by atoms with Gasteiger partial charge >= 0.3 is 5.97 Å². The summed E-state index contributed by atoms with van der Waals surface area (Å²) in [5.41, 5.74) is 2.80. The molecule has 1 N–H and O–H groups in total. The van der Waals surface area contributed by atoms with Crippen molar-refractivity contribution in [2.75, 3.05) is 0 Å². The SMILES string of the molecule is CCCCCCCc1cc2ccc(C(=O)O)cc2n1CCCC. The van der Waals surface area contributed by atoms with Gasteiger partial charge in [-0.15, -0.1) is 0 Å². The molecule has 0 amide bonds. The third-order valence-corrected chi connectivity index (χ3v) is 4.51. The molecule has 0 saturated carbocycles. The molecule has 0 aliphatic carbocycles. The van der Waals surface area contributed by atoms with E-state index in [9.17, 15) is 9.90 Å². The molecule has 0 radical (unpaired) electrons. The van der Waals surface area contributed by atoms with Crippen LogP contribution in [0.15, 0.2) is 24.3 Å². The summed E-state index contributed by atoms with van der Waals surface area (Å²) in [7, 11) is 0. The fraction of sp³-hybridized carbons (Fsp3) is 0.550. The van der Waals surface area contributed by atoms with Gasteiger partial charge in [-0.25, -0.2) is 4.79 Å². The summed E-state index contributed by atoms with van der Waals surface area (Å²) in [6.45, 7) is 5.41. The Morgan fingerprint density at radius 1 is 1.00 bits per heavy atom. The summed E-state index contributed by atoms with van der Waals surface area (Å²) in [5, 5.41) is 10.4. The van der Waals surface area contributed by atoms with Crippen molar-refractivity contribution in [1.82, 2.24) is 4.57 Å². The third kappa shape index (κ3) is 4.60. The van der Waals surface area contributed by atoms with E-state index in [1.807, 2.05) is 12.1 Å². The van der Waals surface area contributed by atoms with Gasteiger partial charge in [0.2, 0.25) is 0 Å². The first kappa shape index (κ1) is 17.6. The van der Waals surface area contributed by atoms with Crippen molar-refractivity contribution >= 4 is 16.9 Å². The van der Waals surface area contributed by atoms with Gasteiger partial charge in [-0.1, -0.05) is 52.0 Å². The maximum atomic E-state index is 11.2. The van der Waals surface area contributed by atoms with Gasteiger partial charge in [0.05, 0.1) is 5.56 Å². The Hall–Kier alpha value is -1.77. The van der Waals surface area contributed by atoms with E-state index in [4.69, 9.17) is 0 Å². The maximum absolute atomic E-state index is 11.2. The minimum atomic E-state index is -0.851. The Morgan fingerprint density at radius 2 is 1.74 bits per heavy atom. The Balaban J connectivity index is 2.21. The monoisotopic (exact) mass is 315 g/mol. The number of carbonyl (C=O) groups is 1. The second kappa shape index (κ2) is 8.76. The molecular weight excluding hydrogens is 286 g/mol. The average Bonchev–Trinajstić information content (AvgIpc) is 2.89. The second-order valence-corrected chi connectivity index (χ2v) is 6.38. The van der Waals surface area contributed by atoms with Crippen molar-refractivity contribution in [1.29, 1.82) is 0 Å². The van der Waals surface area contributed by atoms with Crippen LogP contribution in [0.4, 0.5) is 0 Å². The van der Waals surface area contributed by atoms with Crippen LogP contribution in [0.5, 0.6) is 0 Å². The number of hydrogen-bond donors (Lipinski definition) is 1. The Kier molecular flexibility index (Phi) is 6.69. The molecule has 0 bridgehead atoms. The van der Waals surface area contributed by atoms with E-state index in [1.165, 1.54) is 37.8 Å². The topological polar surface area (TPSA) is 42.2 Å². The number of aromatic nitrogens is 1. The van der Waals surface area contributed by atoms with Crippen LogP contribution in [0.3, 0.4) is 0 Å². The van der Waals surface area contributed by atoms with E-state index in [0.717, 1.165) is 36.7 Å². The van der Waals surface area contributed by atoms with Crippen molar-refractivity contribution in [3.05, 3.63) is 35.5 Å². The summed E-state index contributed by atoms with van der Waals surface area (Å²) in [6, 6.07) is 7.73. The Labute approximate surface area is 139 Å². The Morgan fingerprint density at radius 3 is 2.43 bits per heavy atom. The molecule has 3 nitrogen and oxygen atoms in total. The number of unbranched alkanes of at least 4 members (excludes halogenated alkanes) is 5. The number of aryl methyl sites for hydroxylation is 2. The lowest BCUT2D eigenvalue weighted by atomic mass is 10.1. The van der Waals surface area contributed by atoms with Gasteiger partial charge in [0.1, 0.15) is 0 Å². The lowest BCUT2D eigenvalue weighted by Gasteiger charge is -2.10. The zero-order valence-corrected chi connectivity index (χ0v) is 14.5. The molecule has 0 spiro atoms. The fourth-order valence-electron chi connectivity index (χ4n) is 3.14. The van der Waals surface area contributed by atoms with Gasteiger partial charge in [-0.2, -0.15) is 0 Å². The van der Waals surface area contributed by atoms with Crippen LogP contribution in [0.1, 0.15) is 74.8 Å². The van der Waals surface area contributed by atoms with Crippen LogP contribution in [-0.4, -0.2) is 15.6 Å². The first-order valence-corrected chi connectivity index (χ1v) is 9.02. The standard InChI is InChI=1S/C20H29NO2/c1-3-5-7-8-9-10-18-14-16-11-12-17(20(22)23)15-19(16)21(18)13-6-4-2/h11-12,14-15H,3-10,13H2,1-2H3,(H,22,23). The molecule has 2 rings (SSSR count). The van der Waals surface area contributed by atoms with Crippen molar-refractivity contribution in [2.45, 2.75) is 71.8 Å². The number of nitrogens with zero attached hydrogens (tertiary/aromatic N) is 1. The van der Waals surface area contributed by atoms with E-state index < -0.39 is 5.97 Å². The van der Waals surface area contributed by atoms with Gasteiger partial charge in [0, 0.05) is 17.8 Å². The van der Waals surface area contributed by atoms with E-state index in [-0.39, 0.29) is 0 Å². The molecule has 0 atom stereocenters. The molecule has 0 fully saturated rings. The molecule has 0 aliphatic rings. The number of aromatic carboxylic acids is 1. The highest BCUT2D eigenvalue weighted by Crippen LogP contribution is 2.24. The summed E-state index contributed by atoms with van der Waals surface area (Å²) < 4.78 is 2.34. The van der Waals surface area contributed by atoms with E-state index in [2.05, 4.69) is 24.5 Å². The van der Waals surface area contributed by atoms with Crippen LogP contribution in [0, 0.1) is 0 Å². The minimum absolute atomic E-state index is 0.378. The smallest absolute Gasteiger partial charge is 0.335 e. The number of benzene rings is 1. The summed E-state index contributed by atoms with van der Waals surface area (Å²) in [6.07, 6.45) is 9.77. The van der Waals surface area contributed by atoms with Crippen LogP contribution in [-0.2, 0) is 13.0 Å². The highest BCUT2D eigenvalue weighted by Gasteiger charge is 2.11. The van der Waals surface area contributed by atoms with Crippen LogP contribution in [0.2, 0.25) is 0 Å². The zero-order chi connectivity index (χ0) is 16.7. The minimum Gasteiger partial charge on any atom is -0.478 e. The predicted molar refractivity (Wildman–Crippen MR) is 96.3 cm³/mol. The molecule has 0 unspecified atom stereocenters. The largest absolute Gasteiger partial charge is 0.478 e. The molecule has 2 aromatic rings. The van der Waals surface area contributed by atoms with E-state index in [1.54, 1.807) is 6.07 Å². The molecule has 0 aliphatic heterocycles. The number of hydrogen-bond acceptors (Lipinski definition) is 1. The summed E-state index contributed by atoms with van der Waals surface area (Å²) in [4.78, 5) is 11.2. The molecule has 1 aromatic carbocycles. The number of carboxylic acids is 1. The quantitative estimate of drug-likeness (QED) is 0.575. The number of carboxylic acid groups (broad SMARTS) is 1. The lowest BCUT2D eigenvalue weighted by Crippen LogP contribution is -2.04. The summed E-state index contributed by atoms with van der Waals surface area (Å²) in [5.74, 6) is -0.851. The van der Waals surface area contributed by atoms with Crippen LogP contribution >= 0.6 is 0 Å². The highest BCUT2D eigenvalue weighted by molar-refractivity contribution is 5.93. The second-order valence-electron chi connectivity index (χ2n) is 6.38. The zero-order valence-electron chi connectivity index (χ0n) is 14.5. The Bertz CT molecular complexity index is 642. The van der Waals surface area contributed by atoms with Crippen LogP contribution < -0.4 is 0 Å². The predicted octanol–water partition coefficient (Wildman–Crippen LogP) is 5.65. The average molecular weight is 315 g/mol. The molecule has 23 heavy (non-hydrogen) atoms. The fourth-order valence-corrected chi connectivity index (χ4v) is 3.14. The number of rotatable bonds is 10. The van der Waals surface area contributed by atoms with Crippen molar-refractivity contribution in [3.63, 3.8) is 0 Å². The molecule has 1 aromatic heterocycles. The van der Waals surface area contributed by atoms with Gasteiger partial charge in [-0.05, 0) is 42.8 Å². The first-order valence-electron chi connectivity index (χ1n) is 9.02. The number of fused-ring (bicyclic) bond motifs is 1. The van der Waals surface area contributed by atoms with E-state index >= 15 is 0 Å². The molecular formula is C20H29NO2. The van der Waals surface area contributed by atoms with Gasteiger partial charge < -0.3 is 9.67 Å². The molecule has 126 valence electrons. The third-order valence-electron chi connectivity index (χ3n) is 4.51. The molecule has 3 heteroatoms.